The van der Waals surface area contributed by atoms with Gasteiger partial charge in [-0.05, 0) is 29.9 Å². The number of nitrogens with one attached hydrogen (secondary N) is 1. The van der Waals surface area contributed by atoms with Gasteiger partial charge in [-0.2, -0.15) is 5.10 Å². The maximum atomic E-state index is 15.0. The molecule has 0 spiro atoms. The van der Waals surface area contributed by atoms with Gasteiger partial charge in [-0.15, -0.1) is 0 Å². The molecule has 1 saturated heterocycles. The van der Waals surface area contributed by atoms with Gasteiger partial charge in [0.1, 0.15) is 16.5 Å². The third-order valence-corrected chi connectivity index (χ3v) is 7.98. The zero-order valence-corrected chi connectivity index (χ0v) is 19.4. The molecule has 2 aliphatic rings. The normalized spacial score (nSPS) is 20.8. The molecule has 174 valence electrons. The molecular formula is C24H27FN4O3S. The number of rotatable bonds is 6. The zero-order valence-electron chi connectivity index (χ0n) is 18.6. The largest absolute Gasteiger partial charge is 0.493 e. The summed E-state index contributed by atoms with van der Waals surface area (Å²) in [6.07, 6.45) is 3.63. The molecule has 2 aliphatic heterocycles. The van der Waals surface area contributed by atoms with Crippen molar-refractivity contribution in [2.24, 2.45) is 13.0 Å². The van der Waals surface area contributed by atoms with E-state index in [0.29, 0.717) is 37.1 Å². The van der Waals surface area contributed by atoms with E-state index in [9.17, 15) is 12.8 Å². The lowest BCUT2D eigenvalue weighted by molar-refractivity contribution is 0.203. The molecule has 7 nitrogen and oxygen atoms in total. The van der Waals surface area contributed by atoms with Gasteiger partial charge in [0.15, 0.2) is 0 Å². The number of ether oxygens (including phenoxy) is 1. The molecular weight excluding hydrogens is 443 g/mol. The fourth-order valence-electron chi connectivity index (χ4n) is 4.61. The Morgan fingerprint density at radius 2 is 1.97 bits per heavy atom. The van der Waals surface area contributed by atoms with Crippen molar-refractivity contribution in [3.63, 3.8) is 0 Å². The van der Waals surface area contributed by atoms with E-state index >= 15 is 0 Å². The third kappa shape index (κ3) is 4.35. The fourth-order valence-corrected chi connectivity index (χ4v) is 5.82. The number of nitrogens with zero attached hydrogens (tertiary/aromatic N) is 3. The highest BCUT2D eigenvalue weighted by atomic mass is 32.2. The van der Waals surface area contributed by atoms with Crippen LogP contribution in [0.5, 0.6) is 5.75 Å². The van der Waals surface area contributed by atoms with Crippen molar-refractivity contribution < 1.29 is 17.5 Å². The first-order valence-corrected chi connectivity index (χ1v) is 12.5. The molecule has 1 N–H and O–H groups in total. The van der Waals surface area contributed by atoms with Crippen molar-refractivity contribution in [3.8, 4) is 5.75 Å². The Morgan fingerprint density at radius 3 is 2.67 bits per heavy atom. The lowest BCUT2D eigenvalue weighted by Gasteiger charge is -2.42. The van der Waals surface area contributed by atoms with Crippen molar-refractivity contribution in [3.05, 3.63) is 71.8 Å². The van der Waals surface area contributed by atoms with Crippen LogP contribution in [0.4, 0.5) is 10.1 Å². The molecule has 0 aliphatic carbocycles. The van der Waals surface area contributed by atoms with E-state index in [-0.39, 0.29) is 22.7 Å². The number of fused-ring (bicyclic) bond motifs is 1. The molecule has 9 heteroatoms. The highest BCUT2D eigenvalue weighted by Crippen LogP contribution is 2.42. The number of halogens is 1. The minimum atomic E-state index is -3.65. The highest BCUT2D eigenvalue weighted by molar-refractivity contribution is 7.89. The molecule has 3 heterocycles. The van der Waals surface area contributed by atoms with Crippen LogP contribution in [-0.2, 0) is 23.5 Å². The van der Waals surface area contributed by atoms with Gasteiger partial charge in [-0.1, -0.05) is 37.3 Å². The molecule has 0 radical (unpaired) electrons. The summed E-state index contributed by atoms with van der Waals surface area (Å²) in [5, 5.41) is 3.92. The van der Waals surface area contributed by atoms with Crippen LogP contribution in [0.3, 0.4) is 0 Å². The monoisotopic (exact) mass is 470 g/mol. The van der Waals surface area contributed by atoms with Gasteiger partial charge in [-0.3, -0.25) is 4.68 Å². The van der Waals surface area contributed by atoms with Gasteiger partial charge < -0.3 is 9.64 Å². The predicted molar refractivity (Wildman–Crippen MR) is 123 cm³/mol. The first kappa shape index (κ1) is 21.9. The van der Waals surface area contributed by atoms with E-state index in [1.165, 1.54) is 28.7 Å². The average molecular weight is 471 g/mol. The summed E-state index contributed by atoms with van der Waals surface area (Å²) < 4.78 is 50.0. The van der Waals surface area contributed by atoms with E-state index in [2.05, 4.69) is 28.9 Å². The molecule has 2 unspecified atom stereocenters. The molecule has 5 rings (SSSR count). The fraction of sp³-hybridized carbons (Fsp3) is 0.375. The maximum absolute atomic E-state index is 15.0. The van der Waals surface area contributed by atoms with E-state index < -0.39 is 10.0 Å². The standard InChI is InChI=1S/C24H27FN4O3S/c1-16-15-32-24-10-22(25)23(9-21(24)20(16)8-17-6-4-3-5-7-17)29-12-18(13-29)27-33(30,31)19-11-26-28(2)14-19/h3-7,9-11,14,16,18,20,27H,8,12-13,15H2,1-2H3. The second-order valence-corrected chi connectivity index (χ2v) is 10.7. The number of hydrogen-bond acceptors (Lipinski definition) is 5. The number of aryl methyl sites for hydroxylation is 1. The summed E-state index contributed by atoms with van der Waals surface area (Å²) in [6, 6.07) is 13.4. The zero-order chi connectivity index (χ0) is 23.2. The minimum Gasteiger partial charge on any atom is -0.493 e. The Labute approximate surface area is 193 Å². The number of sulfonamides is 1. The van der Waals surface area contributed by atoms with Crippen LogP contribution in [0, 0.1) is 11.7 Å². The summed E-state index contributed by atoms with van der Waals surface area (Å²) in [5.41, 5.74) is 2.73. The van der Waals surface area contributed by atoms with Crippen LogP contribution in [0.1, 0.15) is 24.0 Å². The first-order chi connectivity index (χ1) is 15.8. The smallest absolute Gasteiger partial charge is 0.244 e. The lowest BCUT2D eigenvalue weighted by Crippen LogP contribution is -2.59. The summed E-state index contributed by atoms with van der Waals surface area (Å²) in [6.45, 7) is 3.52. The van der Waals surface area contributed by atoms with Crippen LogP contribution < -0.4 is 14.4 Å². The van der Waals surface area contributed by atoms with Crippen molar-refractivity contribution in [2.45, 2.75) is 30.2 Å². The van der Waals surface area contributed by atoms with Crippen molar-refractivity contribution in [2.75, 3.05) is 24.6 Å². The molecule has 1 aromatic heterocycles. The van der Waals surface area contributed by atoms with Gasteiger partial charge >= 0.3 is 0 Å². The Bertz CT molecular complexity index is 1260. The topological polar surface area (TPSA) is 76.5 Å². The average Bonchev–Trinajstić information content (AvgIpc) is 3.21. The third-order valence-electron chi connectivity index (χ3n) is 6.50. The van der Waals surface area contributed by atoms with Crippen molar-refractivity contribution >= 4 is 15.7 Å². The van der Waals surface area contributed by atoms with E-state index in [1.54, 1.807) is 7.05 Å². The van der Waals surface area contributed by atoms with Crippen LogP contribution in [-0.4, -0.2) is 43.9 Å². The molecule has 0 saturated carbocycles. The molecule has 3 aromatic rings. The van der Waals surface area contributed by atoms with Gasteiger partial charge in [0.2, 0.25) is 10.0 Å². The van der Waals surface area contributed by atoms with Crippen LogP contribution in [0.2, 0.25) is 0 Å². The highest BCUT2D eigenvalue weighted by Gasteiger charge is 2.35. The van der Waals surface area contributed by atoms with Gasteiger partial charge in [0.05, 0.1) is 24.5 Å². The number of aromatic nitrogens is 2. The second-order valence-electron chi connectivity index (χ2n) is 9.00. The summed E-state index contributed by atoms with van der Waals surface area (Å²) in [4.78, 5) is 1.99. The first-order valence-electron chi connectivity index (χ1n) is 11.1. The van der Waals surface area contributed by atoms with Crippen molar-refractivity contribution in [1.82, 2.24) is 14.5 Å². The molecule has 0 bridgehead atoms. The van der Waals surface area contributed by atoms with E-state index in [0.717, 1.165) is 12.0 Å². The summed E-state index contributed by atoms with van der Waals surface area (Å²) in [7, 11) is -1.99. The Kier molecular flexibility index (Phi) is 5.62. The van der Waals surface area contributed by atoms with Crippen LogP contribution in [0.15, 0.2) is 59.8 Å². The molecule has 1 fully saturated rings. The van der Waals surface area contributed by atoms with Crippen LogP contribution >= 0.6 is 0 Å². The quantitative estimate of drug-likeness (QED) is 0.599. The minimum absolute atomic E-state index is 0.123. The number of anilines is 1. The molecule has 2 aromatic carbocycles. The molecule has 2 atom stereocenters. The number of hydrogen-bond donors (Lipinski definition) is 1. The van der Waals surface area contributed by atoms with Gasteiger partial charge in [0, 0.05) is 38.0 Å². The Hall–Kier alpha value is -2.91. The van der Waals surface area contributed by atoms with Crippen LogP contribution in [0.25, 0.3) is 0 Å². The summed E-state index contributed by atoms with van der Waals surface area (Å²) in [5.74, 6) is 0.767. The van der Waals surface area contributed by atoms with Crippen molar-refractivity contribution in [1.29, 1.82) is 0 Å². The van der Waals surface area contributed by atoms with E-state index in [4.69, 9.17) is 4.74 Å². The maximum Gasteiger partial charge on any atom is 0.244 e. The summed E-state index contributed by atoms with van der Waals surface area (Å²) >= 11 is 0. The lowest BCUT2D eigenvalue weighted by atomic mass is 9.80. The SMILES string of the molecule is CC1COc2cc(F)c(N3CC(NS(=O)(=O)c4cnn(C)c4)C3)cc2C1Cc1ccccc1. The predicted octanol–water partition coefficient (Wildman–Crippen LogP) is 3.08. The van der Waals surface area contributed by atoms with Gasteiger partial charge in [-0.25, -0.2) is 17.5 Å². The van der Waals surface area contributed by atoms with E-state index in [1.807, 2.05) is 29.2 Å². The molecule has 33 heavy (non-hydrogen) atoms. The Balaban J connectivity index is 1.33. The molecule has 0 amide bonds. The number of benzene rings is 2. The second kappa shape index (κ2) is 8.46. The van der Waals surface area contributed by atoms with Gasteiger partial charge in [0.25, 0.3) is 0 Å². The Morgan fingerprint density at radius 1 is 1.21 bits per heavy atom.